The third-order valence-electron chi connectivity index (χ3n) is 7.09. The summed E-state index contributed by atoms with van der Waals surface area (Å²) in [5.74, 6) is 3.72. The van der Waals surface area contributed by atoms with Crippen LogP contribution in [0.15, 0.2) is 0 Å². The molecule has 4 rings (SSSR count). The van der Waals surface area contributed by atoms with E-state index in [9.17, 15) is 4.79 Å². The monoisotopic (exact) mass is 292 g/mol. The second-order valence-electron chi connectivity index (χ2n) is 8.20. The number of carbonyl (C=O) groups excluding carboxylic acids is 1. The summed E-state index contributed by atoms with van der Waals surface area (Å²) in [5, 5.41) is 0. The number of esters is 1. The third-order valence-corrected chi connectivity index (χ3v) is 7.09. The first-order chi connectivity index (χ1) is 10.0. The summed E-state index contributed by atoms with van der Waals surface area (Å²) in [7, 11) is 0. The number of ether oxygens (including phenoxy) is 1. The molecule has 4 saturated carbocycles. The zero-order valence-corrected chi connectivity index (χ0v) is 14.2. The molecule has 0 radical (unpaired) electrons. The van der Waals surface area contributed by atoms with Gasteiger partial charge in [-0.2, -0.15) is 0 Å². The lowest BCUT2D eigenvalue weighted by molar-refractivity contribution is -0.230. The van der Waals surface area contributed by atoms with Gasteiger partial charge in [-0.25, -0.2) is 0 Å². The molecule has 4 aliphatic rings. The van der Waals surface area contributed by atoms with Gasteiger partial charge in [0.05, 0.1) is 5.92 Å². The molecule has 0 N–H and O–H groups in total. The van der Waals surface area contributed by atoms with Crippen molar-refractivity contribution >= 4 is 5.97 Å². The Bertz CT molecular complexity index is 372. The van der Waals surface area contributed by atoms with Gasteiger partial charge in [-0.3, -0.25) is 4.79 Å². The van der Waals surface area contributed by atoms with E-state index >= 15 is 0 Å². The number of carbonyl (C=O) groups is 1. The molecule has 2 nitrogen and oxygen atoms in total. The summed E-state index contributed by atoms with van der Waals surface area (Å²) >= 11 is 0. The molecule has 0 aromatic carbocycles. The maximum Gasteiger partial charge on any atom is 0.309 e. The van der Waals surface area contributed by atoms with E-state index in [2.05, 4.69) is 20.8 Å². The van der Waals surface area contributed by atoms with Crippen LogP contribution >= 0.6 is 0 Å². The van der Waals surface area contributed by atoms with Crippen molar-refractivity contribution in [2.75, 3.05) is 0 Å². The molecule has 2 heteroatoms. The minimum Gasteiger partial charge on any atom is -0.458 e. The summed E-state index contributed by atoms with van der Waals surface area (Å²) in [5.41, 5.74) is -0.136. The predicted octanol–water partition coefficient (Wildman–Crippen LogP) is 4.82. The molecule has 120 valence electrons. The van der Waals surface area contributed by atoms with Crippen molar-refractivity contribution in [3.8, 4) is 0 Å². The van der Waals surface area contributed by atoms with Crippen LogP contribution in [0, 0.1) is 35.5 Å². The molecule has 2 unspecified atom stereocenters. The van der Waals surface area contributed by atoms with E-state index in [1.807, 2.05) is 6.92 Å². The van der Waals surface area contributed by atoms with Crippen molar-refractivity contribution < 1.29 is 9.53 Å². The van der Waals surface area contributed by atoms with Crippen LogP contribution in [-0.4, -0.2) is 11.6 Å². The highest BCUT2D eigenvalue weighted by Gasteiger charge is 2.61. The highest BCUT2D eigenvalue weighted by Crippen LogP contribution is 2.62. The molecule has 4 bridgehead atoms. The van der Waals surface area contributed by atoms with E-state index in [0.717, 1.165) is 24.7 Å². The smallest absolute Gasteiger partial charge is 0.309 e. The van der Waals surface area contributed by atoms with Gasteiger partial charge in [0.15, 0.2) is 0 Å². The minimum atomic E-state index is -0.136. The largest absolute Gasteiger partial charge is 0.458 e. The van der Waals surface area contributed by atoms with E-state index in [1.54, 1.807) is 0 Å². The third kappa shape index (κ3) is 2.33. The Kier molecular flexibility index (Phi) is 4.09. The average Bonchev–Trinajstić information content (AvgIpc) is 2.48. The van der Waals surface area contributed by atoms with Crippen molar-refractivity contribution in [3.63, 3.8) is 0 Å². The molecule has 4 aliphatic carbocycles. The van der Waals surface area contributed by atoms with Crippen LogP contribution in [0.2, 0.25) is 0 Å². The van der Waals surface area contributed by atoms with Gasteiger partial charge in [0, 0.05) is 0 Å². The number of rotatable bonds is 5. The fraction of sp³-hybridized carbons (Fsp3) is 0.947. The molecule has 0 aromatic rings. The summed E-state index contributed by atoms with van der Waals surface area (Å²) in [4.78, 5) is 12.6. The summed E-state index contributed by atoms with van der Waals surface area (Å²) in [6.45, 7) is 8.68. The molecule has 0 spiro atoms. The molecule has 0 heterocycles. The number of hydrogen-bond acceptors (Lipinski definition) is 2. The van der Waals surface area contributed by atoms with Gasteiger partial charge in [0.25, 0.3) is 0 Å². The van der Waals surface area contributed by atoms with E-state index in [0.29, 0.717) is 17.8 Å². The van der Waals surface area contributed by atoms with Crippen LogP contribution in [0.3, 0.4) is 0 Å². The highest BCUT2D eigenvalue weighted by molar-refractivity contribution is 5.72. The van der Waals surface area contributed by atoms with E-state index in [4.69, 9.17) is 4.74 Å². The van der Waals surface area contributed by atoms with Gasteiger partial charge in [0.2, 0.25) is 0 Å². The zero-order chi connectivity index (χ0) is 15.2. The Morgan fingerprint density at radius 1 is 1.00 bits per heavy atom. The van der Waals surface area contributed by atoms with Gasteiger partial charge in [-0.15, -0.1) is 0 Å². The van der Waals surface area contributed by atoms with Gasteiger partial charge < -0.3 is 4.74 Å². The summed E-state index contributed by atoms with van der Waals surface area (Å²) in [6, 6.07) is 0. The first-order valence-electron chi connectivity index (χ1n) is 9.23. The van der Waals surface area contributed by atoms with Crippen molar-refractivity contribution in [1.29, 1.82) is 0 Å². The van der Waals surface area contributed by atoms with Crippen LogP contribution in [0.4, 0.5) is 0 Å². The van der Waals surface area contributed by atoms with Crippen LogP contribution in [0.1, 0.15) is 72.6 Å². The van der Waals surface area contributed by atoms with Crippen molar-refractivity contribution in [3.05, 3.63) is 0 Å². The highest BCUT2D eigenvalue weighted by atomic mass is 16.6. The van der Waals surface area contributed by atoms with Crippen LogP contribution < -0.4 is 0 Å². The molecule has 4 fully saturated rings. The molecule has 0 aliphatic heterocycles. The van der Waals surface area contributed by atoms with Gasteiger partial charge in [-0.05, 0) is 74.5 Å². The van der Waals surface area contributed by atoms with Crippen LogP contribution in [0.25, 0.3) is 0 Å². The molecular formula is C19H32O2. The standard InChI is InChI=1S/C19H32O2/c1-5-12(3)18(20)21-19(13(4)6-2)16-8-14-7-15(10-16)11-17(19)9-14/h12-17H,5-11H2,1-4H3. The molecular weight excluding hydrogens is 260 g/mol. The Labute approximate surface area is 130 Å². The second kappa shape index (κ2) is 5.59. The van der Waals surface area contributed by atoms with Crippen molar-refractivity contribution in [2.45, 2.75) is 78.2 Å². The molecule has 21 heavy (non-hydrogen) atoms. The fourth-order valence-electron chi connectivity index (χ4n) is 5.75. The van der Waals surface area contributed by atoms with Gasteiger partial charge >= 0.3 is 5.97 Å². The zero-order valence-electron chi connectivity index (χ0n) is 14.2. The lowest BCUT2D eigenvalue weighted by Crippen LogP contribution is -2.63. The molecule has 2 atom stereocenters. The Balaban J connectivity index is 1.89. The summed E-state index contributed by atoms with van der Waals surface area (Å²) < 4.78 is 6.38. The lowest BCUT2D eigenvalue weighted by Gasteiger charge is -2.62. The fourth-order valence-corrected chi connectivity index (χ4v) is 5.75. The van der Waals surface area contributed by atoms with Crippen molar-refractivity contribution in [1.82, 2.24) is 0 Å². The van der Waals surface area contributed by atoms with E-state index in [-0.39, 0.29) is 17.5 Å². The number of hydrogen-bond donors (Lipinski definition) is 0. The maximum absolute atomic E-state index is 12.6. The van der Waals surface area contributed by atoms with Crippen LogP contribution in [-0.2, 0) is 9.53 Å². The Morgan fingerprint density at radius 2 is 1.52 bits per heavy atom. The van der Waals surface area contributed by atoms with Gasteiger partial charge in [0.1, 0.15) is 5.60 Å². The van der Waals surface area contributed by atoms with Crippen molar-refractivity contribution in [2.24, 2.45) is 35.5 Å². The predicted molar refractivity (Wildman–Crippen MR) is 84.8 cm³/mol. The molecule has 0 amide bonds. The molecule has 0 aromatic heterocycles. The first kappa shape index (κ1) is 15.4. The second-order valence-corrected chi connectivity index (χ2v) is 8.20. The normalized spacial score (nSPS) is 43.6. The summed E-state index contributed by atoms with van der Waals surface area (Å²) in [6.07, 6.45) is 8.70. The quantitative estimate of drug-likeness (QED) is 0.679. The molecule has 0 saturated heterocycles. The van der Waals surface area contributed by atoms with E-state index < -0.39 is 0 Å². The van der Waals surface area contributed by atoms with Crippen LogP contribution in [0.5, 0.6) is 0 Å². The average molecular weight is 292 g/mol. The Hall–Kier alpha value is -0.530. The SMILES string of the molecule is CCC(C)C(=O)OC1(C(C)CC)C2CC3CC(C2)CC1C3. The first-order valence-corrected chi connectivity index (χ1v) is 9.23. The van der Waals surface area contributed by atoms with Gasteiger partial charge in [-0.1, -0.05) is 27.7 Å². The minimum absolute atomic E-state index is 0.0446. The lowest BCUT2D eigenvalue weighted by atomic mass is 9.47. The Morgan fingerprint density at radius 3 is 1.95 bits per heavy atom. The van der Waals surface area contributed by atoms with E-state index in [1.165, 1.54) is 32.1 Å². The maximum atomic E-state index is 12.6. The topological polar surface area (TPSA) is 26.3 Å².